The standard InChI is InChI=1S/C27H33N5O5/c1-18(2)37-21-9-7-19(8-10-21)27(33)22-11-12-28-26(29-22)16-20-15-24(32(34)35)23(17-25(20)36-6)31(5)14-13-30(3)4/h7-12,15,17-18H,13-14,16H2,1-6H3. The van der Waals surface area contributed by atoms with Crippen molar-refractivity contribution >= 4 is 17.2 Å². The van der Waals surface area contributed by atoms with Crippen molar-refractivity contribution in [1.82, 2.24) is 14.9 Å². The maximum Gasteiger partial charge on any atom is 0.293 e. The van der Waals surface area contributed by atoms with E-state index in [4.69, 9.17) is 9.47 Å². The maximum atomic E-state index is 13.0. The molecule has 0 saturated carbocycles. The lowest BCUT2D eigenvalue weighted by molar-refractivity contribution is -0.384. The molecule has 0 unspecified atom stereocenters. The number of carbonyl (C=O) groups is 1. The van der Waals surface area contributed by atoms with Crippen molar-refractivity contribution in [1.29, 1.82) is 0 Å². The first kappa shape index (κ1) is 27.5. The van der Waals surface area contributed by atoms with Gasteiger partial charge in [-0.15, -0.1) is 0 Å². The van der Waals surface area contributed by atoms with Crippen LogP contribution in [-0.2, 0) is 6.42 Å². The summed E-state index contributed by atoms with van der Waals surface area (Å²) in [6.07, 6.45) is 1.70. The maximum absolute atomic E-state index is 13.0. The predicted molar refractivity (Wildman–Crippen MR) is 142 cm³/mol. The number of benzene rings is 2. The smallest absolute Gasteiger partial charge is 0.293 e. The zero-order valence-corrected chi connectivity index (χ0v) is 22.1. The van der Waals surface area contributed by atoms with E-state index in [0.29, 0.717) is 40.7 Å². The lowest BCUT2D eigenvalue weighted by Crippen LogP contribution is -2.29. The Morgan fingerprint density at radius 2 is 1.78 bits per heavy atom. The minimum Gasteiger partial charge on any atom is -0.496 e. The monoisotopic (exact) mass is 507 g/mol. The van der Waals surface area contributed by atoms with Gasteiger partial charge in [0.2, 0.25) is 5.78 Å². The number of likely N-dealkylation sites (N-methyl/N-ethyl adjacent to an activating group) is 2. The van der Waals surface area contributed by atoms with Gasteiger partial charge in [-0.1, -0.05) is 0 Å². The Hall–Kier alpha value is -4.05. The zero-order chi connectivity index (χ0) is 27.1. The van der Waals surface area contributed by atoms with E-state index < -0.39 is 4.92 Å². The topological polar surface area (TPSA) is 111 Å². The number of hydrogen-bond acceptors (Lipinski definition) is 9. The number of nitrogens with zero attached hydrogens (tertiary/aromatic N) is 5. The van der Waals surface area contributed by atoms with Crippen LogP contribution in [0.5, 0.6) is 11.5 Å². The molecule has 0 N–H and O–H groups in total. The predicted octanol–water partition coefficient (Wildman–Crippen LogP) is 4.00. The number of carbonyl (C=O) groups excluding carboxylic acids is 1. The molecule has 1 aromatic heterocycles. The van der Waals surface area contributed by atoms with Gasteiger partial charge in [-0.25, -0.2) is 9.97 Å². The van der Waals surface area contributed by atoms with E-state index in [-0.39, 0.29) is 29.7 Å². The first-order chi connectivity index (χ1) is 17.6. The molecule has 37 heavy (non-hydrogen) atoms. The molecular weight excluding hydrogens is 474 g/mol. The van der Waals surface area contributed by atoms with Gasteiger partial charge in [-0.2, -0.15) is 0 Å². The van der Waals surface area contributed by atoms with Crippen molar-refractivity contribution in [3.63, 3.8) is 0 Å². The molecule has 0 aliphatic rings. The Labute approximate surface area is 217 Å². The van der Waals surface area contributed by atoms with Gasteiger partial charge in [0.1, 0.15) is 28.7 Å². The molecule has 3 aromatic rings. The summed E-state index contributed by atoms with van der Waals surface area (Å²) in [7, 11) is 7.22. The molecule has 2 aromatic carbocycles. The van der Waals surface area contributed by atoms with E-state index in [2.05, 4.69) is 9.97 Å². The molecule has 0 aliphatic carbocycles. The molecule has 0 fully saturated rings. The Bertz CT molecular complexity index is 1240. The Balaban J connectivity index is 1.87. The van der Waals surface area contributed by atoms with Crippen molar-refractivity contribution in [3.05, 3.63) is 81.4 Å². The van der Waals surface area contributed by atoms with Crippen molar-refractivity contribution in [2.75, 3.05) is 46.2 Å². The lowest BCUT2D eigenvalue weighted by atomic mass is 10.1. The summed E-state index contributed by atoms with van der Waals surface area (Å²) in [5.74, 6) is 1.26. The number of anilines is 1. The van der Waals surface area contributed by atoms with Crippen LogP contribution in [0.15, 0.2) is 48.7 Å². The second kappa shape index (κ2) is 12.3. The molecular formula is C27H33N5O5. The highest BCUT2D eigenvalue weighted by Crippen LogP contribution is 2.35. The van der Waals surface area contributed by atoms with Crippen LogP contribution < -0.4 is 14.4 Å². The van der Waals surface area contributed by atoms with Gasteiger partial charge in [0.05, 0.1) is 18.1 Å². The summed E-state index contributed by atoms with van der Waals surface area (Å²) >= 11 is 0. The van der Waals surface area contributed by atoms with Crippen molar-refractivity contribution < 1.29 is 19.2 Å². The van der Waals surface area contributed by atoms with Crippen LogP contribution in [0.3, 0.4) is 0 Å². The molecule has 0 atom stereocenters. The summed E-state index contributed by atoms with van der Waals surface area (Å²) in [5, 5.41) is 11.9. The molecule has 3 rings (SSSR count). The number of nitro benzene ring substituents is 1. The third-order valence-corrected chi connectivity index (χ3v) is 5.64. The first-order valence-electron chi connectivity index (χ1n) is 11.9. The third-order valence-electron chi connectivity index (χ3n) is 5.64. The van der Waals surface area contributed by atoms with Crippen LogP contribution in [0.2, 0.25) is 0 Å². The van der Waals surface area contributed by atoms with Gasteiger partial charge >= 0.3 is 0 Å². The van der Waals surface area contributed by atoms with Gasteiger partial charge < -0.3 is 19.3 Å². The number of rotatable bonds is 12. The zero-order valence-electron chi connectivity index (χ0n) is 22.1. The van der Waals surface area contributed by atoms with Crippen LogP contribution >= 0.6 is 0 Å². The SMILES string of the molecule is COc1cc(N(C)CCN(C)C)c([N+](=O)[O-])cc1Cc1nccc(C(=O)c2ccc(OC(C)C)cc2)n1. The van der Waals surface area contributed by atoms with Crippen LogP contribution in [0.4, 0.5) is 11.4 Å². The Morgan fingerprint density at radius 3 is 2.38 bits per heavy atom. The van der Waals surface area contributed by atoms with Crippen molar-refractivity contribution in [2.45, 2.75) is 26.4 Å². The van der Waals surface area contributed by atoms with Crippen molar-refractivity contribution in [3.8, 4) is 11.5 Å². The summed E-state index contributed by atoms with van der Waals surface area (Å²) in [5.41, 5.74) is 1.68. The number of aromatic nitrogens is 2. The van der Waals surface area contributed by atoms with Gasteiger partial charge in [-0.3, -0.25) is 14.9 Å². The molecule has 0 radical (unpaired) electrons. The second-order valence-corrected chi connectivity index (χ2v) is 9.19. The van der Waals surface area contributed by atoms with E-state index in [1.54, 1.807) is 36.4 Å². The summed E-state index contributed by atoms with van der Waals surface area (Å²) in [4.78, 5) is 37.1. The molecule has 0 spiro atoms. The average Bonchev–Trinajstić information content (AvgIpc) is 2.86. The highest BCUT2D eigenvalue weighted by molar-refractivity contribution is 6.07. The van der Waals surface area contributed by atoms with E-state index in [0.717, 1.165) is 6.54 Å². The van der Waals surface area contributed by atoms with Gasteiger partial charge in [-0.05, 0) is 58.3 Å². The van der Waals surface area contributed by atoms with Crippen LogP contribution in [0.25, 0.3) is 0 Å². The van der Waals surface area contributed by atoms with Crippen molar-refractivity contribution in [2.24, 2.45) is 0 Å². The molecule has 0 bridgehead atoms. The molecule has 0 amide bonds. The molecule has 196 valence electrons. The molecule has 10 heteroatoms. The van der Waals surface area contributed by atoms with E-state index in [9.17, 15) is 14.9 Å². The minimum absolute atomic E-state index is 0.0336. The fourth-order valence-electron chi connectivity index (χ4n) is 3.74. The number of hydrogen-bond donors (Lipinski definition) is 0. The number of ether oxygens (including phenoxy) is 2. The molecule has 0 aliphatic heterocycles. The highest BCUT2D eigenvalue weighted by atomic mass is 16.6. The Kier molecular flexibility index (Phi) is 9.13. The second-order valence-electron chi connectivity index (χ2n) is 9.19. The van der Waals surface area contributed by atoms with Gasteiger partial charge in [0.25, 0.3) is 5.69 Å². The quantitative estimate of drug-likeness (QED) is 0.204. The number of nitro groups is 1. The highest BCUT2D eigenvalue weighted by Gasteiger charge is 2.23. The van der Waals surface area contributed by atoms with E-state index >= 15 is 0 Å². The molecule has 0 saturated heterocycles. The van der Waals surface area contributed by atoms with E-state index in [1.165, 1.54) is 19.4 Å². The average molecular weight is 508 g/mol. The largest absolute Gasteiger partial charge is 0.496 e. The normalized spacial score (nSPS) is 11.0. The number of methoxy groups -OCH3 is 1. The minimum atomic E-state index is -0.405. The van der Waals surface area contributed by atoms with Crippen LogP contribution in [-0.4, -0.2) is 73.0 Å². The fourth-order valence-corrected chi connectivity index (χ4v) is 3.74. The fraction of sp³-hybridized carbons (Fsp3) is 0.370. The van der Waals surface area contributed by atoms with Gasteiger partial charge in [0, 0.05) is 56.0 Å². The Morgan fingerprint density at radius 1 is 1.08 bits per heavy atom. The lowest BCUT2D eigenvalue weighted by Gasteiger charge is -2.22. The third kappa shape index (κ3) is 7.23. The van der Waals surface area contributed by atoms with E-state index in [1.807, 2.05) is 44.8 Å². The summed E-state index contributed by atoms with van der Waals surface area (Å²) in [6.45, 7) is 5.21. The van der Waals surface area contributed by atoms with Gasteiger partial charge in [0.15, 0.2) is 0 Å². The molecule has 1 heterocycles. The molecule has 10 nitrogen and oxygen atoms in total. The van der Waals surface area contributed by atoms with Crippen LogP contribution in [0.1, 0.15) is 41.3 Å². The first-order valence-corrected chi connectivity index (χ1v) is 11.9. The summed E-state index contributed by atoms with van der Waals surface area (Å²) < 4.78 is 11.2. The van der Waals surface area contributed by atoms with Crippen LogP contribution in [0, 0.1) is 10.1 Å². The summed E-state index contributed by atoms with van der Waals surface area (Å²) in [6, 6.07) is 11.6. The number of ketones is 1.